The number of allylic oxidation sites excluding steroid dienone is 1. The molecule has 0 spiro atoms. The van der Waals surface area contributed by atoms with Crippen LogP contribution in [0, 0.1) is 0 Å². The molecule has 0 aromatic rings. The molecule has 0 radical (unpaired) electrons. The molecule has 3 N–H and O–H groups in total. The van der Waals surface area contributed by atoms with E-state index in [9.17, 15) is 4.79 Å². The number of hydrogen-bond donors (Lipinski definition) is 2. The summed E-state index contributed by atoms with van der Waals surface area (Å²) in [6.07, 6.45) is 2.98. The van der Waals surface area contributed by atoms with Crippen LogP contribution in [0.5, 0.6) is 0 Å². The van der Waals surface area contributed by atoms with E-state index in [1.807, 2.05) is 0 Å². The molecule has 0 bridgehead atoms. The molecule has 0 aliphatic carbocycles. The summed E-state index contributed by atoms with van der Waals surface area (Å²) in [5, 5.41) is 3.23. The van der Waals surface area contributed by atoms with Crippen molar-refractivity contribution in [1.82, 2.24) is 5.32 Å². The van der Waals surface area contributed by atoms with Crippen LogP contribution in [-0.4, -0.2) is 12.5 Å². The molecule has 0 fully saturated rings. The van der Waals surface area contributed by atoms with E-state index in [4.69, 9.17) is 5.73 Å². The molecule has 0 saturated heterocycles. The van der Waals surface area contributed by atoms with E-state index in [0.717, 1.165) is 31.5 Å². The first kappa shape index (κ1) is 12.0. The summed E-state index contributed by atoms with van der Waals surface area (Å²) in [6, 6.07) is 0. The maximum absolute atomic E-state index is 10.9. The van der Waals surface area contributed by atoms with Crippen LogP contribution in [0.4, 0.5) is 0 Å². The summed E-state index contributed by atoms with van der Waals surface area (Å²) in [5.41, 5.74) is 6.86. The van der Waals surface area contributed by atoms with Crippen LogP contribution in [-0.2, 0) is 4.79 Å². The second-order valence-electron chi connectivity index (χ2n) is 3.14. The van der Waals surface area contributed by atoms with Crippen molar-refractivity contribution in [2.45, 2.75) is 40.0 Å². The van der Waals surface area contributed by atoms with E-state index in [-0.39, 0.29) is 5.91 Å². The van der Waals surface area contributed by atoms with Crippen LogP contribution >= 0.6 is 0 Å². The van der Waals surface area contributed by atoms with Crippen molar-refractivity contribution in [3.63, 3.8) is 0 Å². The van der Waals surface area contributed by atoms with Gasteiger partial charge in [0.15, 0.2) is 0 Å². The van der Waals surface area contributed by atoms with Crippen molar-refractivity contribution in [2.75, 3.05) is 6.54 Å². The van der Waals surface area contributed by atoms with E-state index in [1.165, 1.54) is 0 Å². The number of amides is 1. The monoisotopic (exact) mass is 184 g/mol. The highest BCUT2D eigenvalue weighted by Crippen LogP contribution is 2.07. The molecule has 0 aromatic heterocycles. The molecule has 76 valence electrons. The Morgan fingerprint density at radius 2 is 1.92 bits per heavy atom. The number of nitrogens with one attached hydrogen (secondary N) is 1. The van der Waals surface area contributed by atoms with Crippen LogP contribution in [0.3, 0.4) is 0 Å². The number of hydrogen-bond acceptors (Lipinski definition) is 2. The molecule has 3 heteroatoms. The van der Waals surface area contributed by atoms with Gasteiger partial charge in [-0.25, -0.2) is 0 Å². The zero-order valence-electron chi connectivity index (χ0n) is 8.81. The molecule has 0 heterocycles. The maximum Gasteiger partial charge on any atom is 0.246 e. The summed E-state index contributed by atoms with van der Waals surface area (Å²) in [4.78, 5) is 10.9. The number of rotatable bonds is 6. The number of nitrogens with two attached hydrogens (primary N) is 1. The lowest BCUT2D eigenvalue weighted by Gasteiger charge is -2.11. The molecule has 0 aromatic carbocycles. The van der Waals surface area contributed by atoms with Gasteiger partial charge in [0.2, 0.25) is 5.91 Å². The molecule has 1 amide bonds. The van der Waals surface area contributed by atoms with Gasteiger partial charge in [0, 0.05) is 17.8 Å². The third-order valence-electron chi connectivity index (χ3n) is 1.91. The summed E-state index contributed by atoms with van der Waals surface area (Å²) >= 11 is 0. The Morgan fingerprint density at radius 3 is 2.31 bits per heavy atom. The maximum atomic E-state index is 10.9. The molecule has 13 heavy (non-hydrogen) atoms. The Kier molecular flexibility index (Phi) is 6.02. The van der Waals surface area contributed by atoms with Crippen molar-refractivity contribution in [2.24, 2.45) is 5.73 Å². The third-order valence-corrected chi connectivity index (χ3v) is 1.91. The van der Waals surface area contributed by atoms with Crippen LogP contribution < -0.4 is 11.1 Å². The van der Waals surface area contributed by atoms with Crippen LogP contribution in [0.2, 0.25) is 0 Å². The fourth-order valence-electron chi connectivity index (χ4n) is 1.08. The fraction of sp³-hybridized carbons (Fsp3) is 0.700. The van der Waals surface area contributed by atoms with Crippen molar-refractivity contribution in [3.8, 4) is 0 Å². The van der Waals surface area contributed by atoms with Gasteiger partial charge in [-0.3, -0.25) is 4.79 Å². The van der Waals surface area contributed by atoms with Gasteiger partial charge in [0.1, 0.15) is 0 Å². The number of primary amides is 1. The van der Waals surface area contributed by atoms with Gasteiger partial charge in [-0.05, 0) is 19.8 Å². The standard InChI is InChI=1S/C10H20N2O/c1-4-6-9(12-7-5-2)8(3)10(11)13/h12H,4-7H2,1-3H3,(H2,11,13)/b9-8-. The first-order valence-corrected chi connectivity index (χ1v) is 4.86. The summed E-state index contributed by atoms with van der Waals surface area (Å²) < 4.78 is 0. The predicted octanol–water partition coefficient (Wildman–Crippen LogP) is 1.55. The van der Waals surface area contributed by atoms with Gasteiger partial charge in [-0.1, -0.05) is 20.3 Å². The first-order chi connectivity index (χ1) is 6.13. The minimum absolute atomic E-state index is 0.327. The lowest BCUT2D eigenvalue weighted by Crippen LogP contribution is -2.22. The molecule has 3 nitrogen and oxygen atoms in total. The average molecular weight is 184 g/mol. The fourth-order valence-corrected chi connectivity index (χ4v) is 1.08. The molecular formula is C10H20N2O. The van der Waals surface area contributed by atoms with Gasteiger partial charge in [-0.2, -0.15) is 0 Å². The van der Waals surface area contributed by atoms with Gasteiger partial charge >= 0.3 is 0 Å². The van der Waals surface area contributed by atoms with E-state index in [1.54, 1.807) is 6.92 Å². The van der Waals surface area contributed by atoms with Crippen molar-refractivity contribution in [3.05, 3.63) is 11.3 Å². The minimum atomic E-state index is -0.327. The molecule has 0 aliphatic rings. The lowest BCUT2D eigenvalue weighted by atomic mass is 10.1. The number of carbonyl (C=O) groups excluding carboxylic acids is 1. The number of carbonyl (C=O) groups is 1. The molecule has 0 aliphatic heterocycles. The highest BCUT2D eigenvalue weighted by atomic mass is 16.1. The minimum Gasteiger partial charge on any atom is -0.388 e. The Hall–Kier alpha value is -0.990. The topological polar surface area (TPSA) is 55.1 Å². The lowest BCUT2D eigenvalue weighted by molar-refractivity contribution is -0.114. The van der Waals surface area contributed by atoms with Gasteiger partial charge < -0.3 is 11.1 Å². The Balaban J connectivity index is 4.37. The summed E-state index contributed by atoms with van der Waals surface area (Å²) in [6.45, 7) is 6.86. The highest BCUT2D eigenvalue weighted by molar-refractivity contribution is 5.91. The SMILES string of the molecule is CCCN/C(CCC)=C(/C)C(N)=O. The average Bonchev–Trinajstić information content (AvgIpc) is 2.11. The van der Waals surface area contributed by atoms with Gasteiger partial charge in [0.25, 0.3) is 0 Å². The van der Waals surface area contributed by atoms with E-state index in [0.29, 0.717) is 5.57 Å². The van der Waals surface area contributed by atoms with E-state index in [2.05, 4.69) is 19.2 Å². The zero-order chi connectivity index (χ0) is 10.3. The molecular weight excluding hydrogens is 164 g/mol. The quantitative estimate of drug-likeness (QED) is 0.615. The van der Waals surface area contributed by atoms with Crippen LogP contribution in [0.1, 0.15) is 40.0 Å². The van der Waals surface area contributed by atoms with Crippen molar-refractivity contribution < 1.29 is 4.79 Å². The Bertz CT molecular complexity index is 197. The van der Waals surface area contributed by atoms with E-state index < -0.39 is 0 Å². The van der Waals surface area contributed by atoms with Crippen LogP contribution in [0.25, 0.3) is 0 Å². The Labute approximate surface area is 80.4 Å². The Morgan fingerprint density at radius 1 is 1.31 bits per heavy atom. The van der Waals surface area contributed by atoms with Crippen molar-refractivity contribution in [1.29, 1.82) is 0 Å². The first-order valence-electron chi connectivity index (χ1n) is 4.86. The van der Waals surface area contributed by atoms with Gasteiger partial charge in [-0.15, -0.1) is 0 Å². The third kappa shape index (κ3) is 4.55. The zero-order valence-corrected chi connectivity index (χ0v) is 8.81. The summed E-state index contributed by atoms with van der Waals surface area (Å²) in [7, 11) is 0. The van der Waals surface area contributed by atoms with Gasteiger partial charge in [0.05, 0.1) is 0 Å². The molecule has 0 unspecified atom stereocenters. The smallest absolute Gasteiger partial charge is 0.246 e. The summed E-state index contributed by atoms with van der Waals surface area (Å²) in [5.74, 6) is -0.327. The normalized spacial score (nSPS) is 12.2. The van der Waals surface area contributed by atoms with E-state index >= 15 is 0 Å². The molecule has 0 saturated carbocycles. The second-order valence-corrected chi connectivity index (χ2v) is 3.14. The second kappa shape index (κ2) is 6.52. The predicted molar refractivity (Wildman–Crippen MR) is 55.1 cm³/mol. The van der Waals surface area contributed by atoms with Crippen LogP contribution in [0.15, 0.2) is 11.3 Å². The highest BCUT2D eigenvalue weighted by Gasteiger charge is 2.05. The van der Waals surface area contributed by atoms with Crippen molar-refractivity contribution >= 4 is 5.91 Å². The molecule has 0 rings (SSSR count). The largest absolute Gasteiger partial charge is 0.388 e. The molecule has 0 atom stereocenters.